The number of aromatic nitrogens is 6. The van der Waals surface area contributed by atoms with Crippen LogP contribution >= 0.6 is 0 Å². The van der Waals surface area contributed by atoms with Crippen molar-refractivity contribution in [1.29, 1.82) is 0 Å². The summed E-state index contributed by atoms with van der Waals surface area (Å²) in [4.78, 5) is 12.7. The van der Waals surface area contributed by atoms with Gasteiger partial charge in [0, 0.05) is 18.8 Å². The van der Waals surface area contributed by atoms with Gasteiger partial charge in [-0.3, -0.25) is 9.48 Å². The van der Waals surface area contributed by atoms with Crippen LogP contribution in [-0.4, -0.2) is 42.4 Å². The van der Waals surface area contributed by atoms with Crippen LogP contribution in [0.25, 0.3) is 0 Å². The number of hydrogen-bond donors (Lipinski definition) is 1. The molecule has 1 amide bonds. The topological polar surface area (TPSA) is 90.5 Å². The molecule has 3 aromatic rings. The maximum absolute atomic E-state index is 12.7. The van der Waals surface area contributed by atoms with Gasteiger partial charge < -0.3 is 5.32 Å². The molecule has 0 aliphatic rings. The average Bonchev–Trinajstić information content (AvgIpc) is 3.23. The predicted molar refractivity (Wildman–Crippen MR) is 91.7 cm³/mol. The normalized spacial score (nSPS) is 12.1. The third-order valence-corrected chi connectivity index (χ3v) is 3.94. The van der Waals surface area contributed by atoms with Crippen molar-refractivity contribution in [1.82, 2.24) is 35.3 Å². The molecule has 0 saturated carbocycles. The van der Waals surface area contributed by atoms with E-state index in [1.807, 2.05) is 54.9 Å². The molecule has 0 spiro atoms. The highest BCUT2D eigenvalue weighted by Crippen LogP contribution is 2.16. The average molecular weight is 339 g/mol. The maximum Gasteiger partial charge on any atom is 0.249 e. The smallest absolute Gasteiger partial charge is 0.249 e. The van der Waals surface area contributed by atoms with E-state index in [0.717, 1.165) is 29.9 Å². The lowest BCUT2D eigenvalue weighted by atomic mass is 10.1. The highest BCUT2D eigenvalue weighted by atomic mass is 16.2. The van der Waals surface area contributed by atoms with Crippen molar-refractivity contribution in [3.8, 4) is 0 Å². The van der Waals surface area contributed by atoms with E-state index in [1.54, 1.807) is 0 Å². The van der Waals surface area contributed by atoms with Gasteiger partial charge in [-0.1, -0.05) is 30.3 Å². The minimum atomic E-state index is -0.579. The number of tetrazole rings is 1. The van der Waals surface area contributed by atoms with Gasteiger partial charge >= 0.3 is 0 Å². The standard InChI is InChI=1S/C17H21N7O/c1-13-11-14(2)23(20-13)10-6-9-18-17(25)16(24-12-19-21-22-24)15-7-4-3-5-8-15/h3-5,7-8,11-12,16H,6,9-10H2,1-2H3,(H,18,25). The van der Waals surface area contributed by atoms with Crippen LogP contribution in [0.2, 0.25) is 0 Å². The van der Waals surface area contributed by atoms with Gasteiger partial charge in [0.25, 0.3) is 0 Å². The summed E-state index contributed by atoms with van der Waals surface area (Å²) in [5.74, 6) is -0.133. The lowest BCUT2D eigenvalue weighted by Crippen LogP contribution is -2.34. The Morgan fingerprint density at radius 3 is 2.68 bits per heavy atom. The molecule has 0 saturated heterocycles. The van der Waals surface area contributed by atoms with Crippen molar-refractivity contribution in [2.24, 2.45) is 0 Å². The maximum atomic E-state index is 12.7. The van der Waals surface area contributed by atoms with E-state index >= 15 is 0 Å². The van der Waals surface area contributed by atoms with Crippen molar-refractivity contribution in [2.45, 2.75) is 32.9 Å². The second-order valence-corrected chi connectivity index (χ2v) is 5.90. The molecule has 2 heterocycles. The van der Waals surface area contributed by atoms with E-state index in [-0.39, 0.29) is 5.91 Å². The van der Waals surface area contributed by atoms with Crippen molar-refractivity contribution in [3.63, 3.8) is 0 Å². The molecule has 2 aromatic heterocycles. The number of hydrogen-bond acceptors (Lipinski definition) is 5. The van der Waals surface area contributed by atoms with E-state index < -0.39 is 6.04 Å². The molecule has 1 N–H and O–H groups in total. The highest BCUT2D eigenvalue weighted by molar-refractivity contribution is 5.83. The van der Waals surface area contributed by atoms with E-state index in [4.69, 9.17) is 0 Å². The van der Waals surface area contributed by atoms with Gasteiger partial charge in [0.2, 0.25) is 5.91 Å². The Morgan fingerprint density at radius 1 is 1.24 bits per heavy atom. The molecule has 1 unspecified atom stereocenters. The number of nitrogens with zero attached hydrogens (tertiary/aromatic N) is 6. The van der Waals surface area contributed by atoms with Crippen LogP contribution in [0.1, 0.15) is 29.4 Å². The van der Waals surface area contributed by atoms with Gasteiger partial charge in [0.1, 0.15) is 6.33 Å². The third-order valence-electron chi connectivity index (χ3n) is 3.94. The van der Waals surface area contributed by atoms with Crippen molar-refractivity contribution < 1.29 is 4.79 Å². The Hall–Kier alpha value is -3.03. The number of carbonyl (C=O) groups excluding carboxylic acids is 1. The SMILES string of the molecule is Cc1cc(C)n(CCCNC(=O)C(c2ccccc2)n2cnnn2)n1. The molecular weight excluding hydrogens is 318 g/mol. The van der Waals surface area contributed by atoms with E-state index in [9.17, 15) is 4.79 Å². The molecule has 0 aliphatic heterocycles. The first-order chi connectivity index (χ1) is 12.1. The molecule has 130 valence electrons. The summed E-state index contributed by atoms with van der Waals surface area (Å²) in [5, 5.41) is 18.6. The third kappa shape index (κ3) is 4.09. The van der Waals surface area contributed by atoms with Crippen LogP contribution in [0.4, 0.5) is 0 Å². The minimum Gasteiger partial charge on any atom is -0.354 e. The summed E-state index contributed by atoms with van der Waals surface area (Å²) in [6.07, 6.45) is 2.25. The van der Waals surface area contributed by atoms with Gasteiger partial charge in [-0.25, -0.2) is 4.68 Å². The predicted octanol–water partition coefficient (Wildman–Crippen LogP) is 1.28. The summed E-state index contributed by atoms with van der Waals surface area (Å²) < 4.78 is 3.42. The molecule has 25 heavy (non-hydrogen) atoms. The van der Waals surface area contributed by atoms with Crippen molar-refractivity contribution in [2.75, 3.05) is 6.54 Å². The largest absolute Gasteiger partial charge is 0.354 e. The molecule has 8 heteroatoms. The van der Waals surface area contributed by atoms with E-state index in [0.29, 0.717) is 6.54 Å². The van der Waals surface area contributed by atoms with E-state index in [1.165, 1.54) is 11.0 Å². The van der Waals surface area contributed by atoms with Crippen LogP contribution < -0.4 is 5.32 Å². The second-order valence-electron chi connectivity index (χ2n) is 5.90. The fourth-order valence-corrected chi connectivity index (χ4v) is 2.78. The number of rotatable bonds is 7. The molecule has 0 bridgehead atoms. The second kappa shape index (κ2) is 7.69. The fraction of sp³-hybridized carbons (Fsp3) is 0.353. The molecule has 0 fully saturated rings. The first-order valence-electron chi connectivity index (χ1n) is 8.21. The van der Waals surface area contributed by atoms with Crippen LogP contribution in [0.15, 0.2) is 42.7 Å². The lowest BCUT2D eigenvalue weighted by Gasteiger charge is -2.16. The van der Waals surface area contributed by atoms with Gasteiger partial charge in [-0.2, -0.15) is 5.10 Å². The zero-order valence-corrected chi connectivity index (χ0v) is 14.3. The Bertz CT molecular complexity index is 811. The zero-order chi connectivity index (χ0) is 17.6. The van der Waals surface area contributed by atoms with Gasteiger partial charge in [0.15, 0.2) is 6.04 Å². The summed E-state index contributed by atoms with van der Waals surface area (Å²) in [6.45, 7) is 5.33. The first-order valence-corrected chi connectivity index (χ1v) is 8.21. The van der Waals surface area contributed by atoms with Gasteiger partial charge in [-0.05, 0) is 42.3 Å². The Kier molecular flexibility index (Phi) is 5.17. The van der Waals surface area contributed by atoms with Gasteiger partial charge in [0.05, 0.1) is 5.69 Å². The Morgan fingerprint density at radius 2 is 2.04 bits per heavy atom. The van der Waals surface area contributed by atoms with Crippen LogP contribution in [0, 0.1) is 13.8 Å². The molecule has 1 aromatic carbocycles. The summed E-state index contributed by atoms with van der Waals surface area (Å²) in [5.41, 5.74) is 2.97. The first kappa shape index (κ1) is 16.8. The van der Waals surface area contributed by atoms with Crippen LogP contribution in [0.5, 0.6) is 0 Å². The van der Waals surface area contributed by atoms with E-state index in [2.05, 4.69) is 25.9 Å². The highest BCUT2D eigenvalue weighted by Gasteiger charge is 2.23. The number of benzene rings is 1. The van der Waals surface area contributed by atoms with Crippen LogP contribution in [-0.2, 0) is 11.3 Å². The molecule has 3 rings (SSSR count). The monoisotopic (exact) mass is 339 g/mol. The Labute approximate surface area is 145 Å². The van der Waals surface area contributed by atoms with Crippen molar-refractivity contribution >= 4 is 5.91 Å². The molecular formula is C17H21N7O. The summed E-state index contributed by atoms with van der Waals surface area (Å²) in [6, 6.07) is 10.9. The molecule has 0 aliphatic carbocycles. The van der Waals surface area contributed by atoms with Crippen molar-refractivity contribution in [3.05, 3.63) is 59.7 Å². The summed E-state index contributed by atoms with van der Waals surface area (Å²) in [7, 11) is 0. The number of nitrogens with one attached hydrogen (secondary N) is 1. The summed E-state index contributed by atoms with van der Waals surface area (Å²) >= 11 is 0. The molecule has 8 nitrogen and oxygen atoms in total. The van der Waals surface area contributed by atoms with Gasteiger partial charge in [-0.15, -0.1) is 5.10 Å². The number of amides is 1. The minimum absolute atomic E-state index is 0.133. The zero-order valence-electron chi connectivity index (χ0n) is 14.3. The lowest BCUT2D eigenvalue weighted by molar-refractivity contribution is -0.123. The van der Waals surface area contributed by atoms with Crippen LogP contribution in [0.3, 0.4) is 0 Å². The fourth-order valence-electron chi connectivity index (χ4n) is 2.78. The molecule has 1 atom stereocenters. The molecule has 0 radical (unpaired) electrons. The Balaban J connectivity index is 1.60. The number of aryl methyl sites for hydroxylation is 3. The quantitative estimate of drug-likeness (QED) is 0.655. The number of carbonyl (C=O) groups is 1.